The van der Waals surface area contributed by atoms with E-state index in [9.17, 15) is 4.79 Å². The third-order valence-corrected chi connectivity index (χ3v) is 8.00. The number of rotatable bonds is 7. The fraction of sp³-hybridized carbons (Fsp3) is 0.400. The van der Waals surface area contributed by atoms with Gasteiger partial charge in [0.05, 0.1) is 41.9 Å². The summed E-state index contributed by atoms with van der Waals surface area (Å²) < 4.78 is 18.7. The molecule has 9 heteroatoms. The summed E-state index contributed by atoms with van der Waals surface area (Å²) >= 11 is 0. The summed E-state index contributed by atoms with van der Waals surface area (Å²) in [5.74, 6) is -0.00586. The van der Waals surface area contributed by atoms with Crippen molar-refractivity contribution in [3.63, 3.8) is 0 Å². The zero-order valence-electron chi connectivity index (χ0n) is 22.5. The Morgan fingerprint density at radius 3 is 2.62 bits per heavy atom. The van der Waals surface area contributed by atoms with E-state index in [1.54, 1.807) is 7.11 Å². The third kappa shape index (κ3) is 4.55. The minimum Gasteiger partial charge on any atom is -0.465 e. The van der Waals surface area contributed by atoms with Gasteiger partial charge in [0.25, 0.3) is 0 Å². The van der Waals surface area contributed by atoms with Crippen LogP contribution in [0.4, 0.5) is 0 Å². The number of methoxy groups -OCH3 is 2. The Morgan fingerprint density at radius 1 is 1.08 bits per heavy atom. The van der Waals surface area contributed by atoms with Crippen molar-refractivity contribution < 1.29 is 19.0 Å². The van der Waals surface area contributed by atoms with E-state index in [2.05, 4.69) is 45.2 Å². The van der Waals surface area contributed by atoms with Gasteiger partial charge < -0.3 is 18.8 Å². The molecule has 0 spiro atoms. The topological polar surface area (TPSA) is 90.5 Å². The Morgan fingerprint density at radius 2 is 1.87 bits per heavy atom. The number of benzene rings is 2. The quantitative estimate of drug-likeness (QED) is 0.301. The summed E-state index contributed by atoms with van der Waals surface area (Å²) in [6.07, 6.45) is 3.82. The smallest absolute Gasteiger partial charge is 0.337 e. The summed E-state index contributed by atoms with van der Waals surface area (Å²) in [7, 11) is 5.03. The number of carbonyl (C=O) groups excluding carboxylic acids is 1. The van der Waals surface area contributed by atoms with Crippen LogP contribution in [0.2, 0.25) is 0 Å². The van der Waals surface area contributed by atoms with Gasteiger partial charge in [0.15, 0.2) is 0 Å². The highest BCUT2D eigenvalue weighted by Crippen LogP contribution is 2.42. The van der Waals surface area contributed by atoms with Crippen LogP contribution in [0.1, 0.15) is 46.4 Å². The van der Waals surface area contributed by atoms with Crippen LogP contribution < -0.4 is 0 Å². The second kappa shape index (κ2) is 10.7. The number of aromatic nitrogens is 2. The van der Waals surface area contributed by atoms with Crippen LogP contribution in [-0.2, 0) is 14.2 Å². The SMILES string of the molecule is COCC1N=NN(C)C1c1cnc2c3ccc(C(=O)OC)cc3n(C(c3ccccc3)C3CCOCC3)c2c1. The number of carbonyl (C=O) groups is 1. The van der Waals surface area contributed by atoms with Crippen LogP contribution in [0.15, 0.2) is 71.1 Å². The maximum atomic E-state index is 12.6. The van der Waals surface area contributed by atoms with E-state index in [1.165, 1.54) is 12.7 Å². The molecule has 2 aliphatic heterocycles. The summed E-state index contributed by atoms with van der Waals surface area (Å²) in [4.78, 5) is 17.6. The number of fused-ring (bicyclic) bond motifs is 3. The Labute approximate surface area is 227 Å². The van der Waals surface area contributed by atoms with E-state index in [-0.39, 0.29) is 24.1 Å². The molecule has 0 amide bonds. The molecule has 202 valence electrons. The maximum absolute atomic E-state index is 12.6. The van der Waals surface area contributed by atoms with E-state index >= 15 is 0 Å². The van der Waals surface area contributed by atoms with Gasteiger partial charge in [-0.1, -0.05) is 35.6 Å². The Kier molecular flexibility index (Phi) is 7.01. The van der Waals surface area contributed by atoms with Crippen LogP contribution in [0, 0.1) is 5.92 Å². The van der Waals surface area contributed by atoms with Gasteiger partial charge >= 0.3 is 5.97 Å². The van der Waals surface area contributed by atoms with Crippen LogP contribution in [0.3, 0.4) is 0 Å². The van der Waals surface area contributed by atoms with Crippen LogP contribution >= 0.6 is 0 Å². The number of pyridine rings is 1. The van der Waals surface area contributed by atoms with Gasteiger partial charge in [0, 0.05) is 39.0 Å². The maximum Gasteiger partial charge on any atom is 0.337 e. The molecule has 0 bridgehead atoms. The summed E-state index contributed by atoms with van der Waals surface area (Å²) in [6.45, 7) is 1.93. The van der Waals surface area contributed by atoms with E-state index in [4.69, 9.17) is 19.2 Å². The largest absolute Gasteiger partial charge is 0.465 e. The van der Waals surface area contributed by atoms with Gasteiger partial charge in [-0.3, -0.25) is 9.99 Å². The Hall–Kier alpha value is -3.82. The first-order chi connectivity index (χ1) is 19.1. The van der Waals surface area contributed by atoms with E-state index in [0.29, 0.717) is 18.1 Å². The molecule has 1 saturated heterocycles. The molecule has 4 heterocycles. The molecular formula is C30H33N5O4. The van der Waals surface area contributed by atoms with Crippen molar-refractivity contribution in [1.82, 2.24) is 14.6 Å². The number of ether oxygens (including phenoxy) is 3. The normalized spacial score (nSPS) is 20.6. The molecule has 2 aliphatic rings. The highest BCUT2D eigenvalue weighted by molar-refractivity contribution is 6.08. The second-order valence-electron chi connectivity index (χ2n) is 10.3. The fourth-order valence-corrected chi connectivity index (χ4v) is 6.19. The predicted molar refractivity (Wildman–Crippen MR) is 148 cm³/mol. The molecule has 6 rings (SSSR count). The Bertz CT molecular complexity index is 1510. The molecule has 0 saturated carbocycles. The average Bonchev–Trinajstić information content (AvgIpc) is 3.50. The first-order valence-corrected chi connectivity index (χ1v) is 13.4. The summed E-state index contributed by atoms with van der Waals surface area (Å²) in [5, 5.41) is 11.6. The van der Waals surface area contributed by atoms with Crippen molar-refractivity contribution in [2.45, 2.75) is 31.0 Å². The lowest BCUT2D eigenvalue weighted by atomic mass is 9.86. The van der Waals surface area contributed by atoms with Gasteiger partial charge in [-0.05, 0) is 54.2 Å². The predicted octanol–water partition coefficient (Wildman–Crippen LogP) is 5.36. The minimum atomic E-state index is -0.358. The van der Waals surface area contributed by atoms with Crippen molar-refractivity contribution in [2.75, 3.05) is 41.1 Å². The van der Waals surface area contributed by atoms with Crippen LogP contribution in [0.5, 0.6) is 0 Å². The molecule has 3 atom stereocenters. The van der Waals surface area contributed by atoms with Crippen molar-refractivity contribution >= 4 is 27.9 Å². The van der Waals surface area contributed by atoms with Crippen LogP contribution in [0.25, 0.3) is 21.9 Å². The monoisotopic (exact) mass is 527 g/mol. The van der Waals surface area contributed by atoms with Crippen LogP contribution in [-0.4, -0.2) is 67.7 Å². The number of hydrogen-bond acceptors (Lipinski definition) is 8. The number of nitrogens with zero attached hydrogens (tertiary/aromatic N) is 5. The molecule has 2 aromatic heterocycles. The first kappa shape index (κ1) is 25.5. The van der Waals surface area contributed by atoms with Gasteiger partial charge in [-0.15, -0.1) is 0 Å². The lowest BCUT2D eigenvalue weighted by Gasteiger charge is -2.33. The molecule has 4 aromatic rings. The van der Waals surface area contributed by atoms with E-state index in [0.717, 1.165) is 53.6 Å². The van der Waals surface area contributed by atoms with Crippen molar-refractivity contribution in [2.24, 2.45) is 16.3 Å². The molecule has 2 aromatic carbocycles. The van der Waals surface area contributed by atoms with Gasteiger partial charge in [0.2, 0.25) is 0 Å². The lowest BCUT2D eigenvalue weighted by Crippen LogP contribution is -2.28. The molecule has 0 radical (unpaired) electrons. The fourth-order valence-electron chi connectivity index (χ4n) is 6.19. The second-order valence-corrected chi connectivity index (χ2v) is 10.3. The average molecular weight is 528 g/mol. The molecule has 1 fully saturated rings. The van der Waals surface area contributed by atoms with Gasteiger partial charge in [-0.2, -0.15) is 5.11 Å². The Balaban J connectivity index is 1.62. The molecule has 0 aliphatic carbocycles. The summed E-state index contributed by atoms with van der Waals surface area (Å²) in [6, 6.07) is 18.4. The molecule has 39 heavy (non-hydrogen) atoms. The molecular weight excluding hydrogens is 494 g/mol. The van der Waals surface area contributed by atoms with Crippen molar-refractivity contribution in [3.05, 3.63) is 77.5 Å². The highest BCUT2D eigenvalue weighted by Gasteiger charge is 2.34. The van der Waals surface area contributed by atoms with Gasteiger partial charge in [-0.25, -0.2) is 4.79 Å². The lowest BCUT2D eigenvalue weighted by molar-refractivity contribution is 0.0553. The number of likely N-dealkylation sites (N-methyl/N-ethyl adjacent to an activating group) is 1. The molecule has 9 nitrogen and oxygen atoms in total. The van der Waals surface area contributed by atoms with E-state index < -0.39 is 0 Å². The van der Waals surface area contributed by atoms with E-state index in [1.807, 2.05) is 42.5 Å². The first-order valence-electron chi connectivity index (χ1n) is 13.4. The minimum absolute atomic E-state index is 0.0329. The van der Waals surface area contributed by atoms with Crippen molar-refractivity contribution in [1.29, 1.82) is 0 Å². The molecule has 0 N–H and O–H groups in total. The summed E-state index contributed by atoms with van der Waals surface area (Å²) in [5.41, 5.74) is 5.63. The molecule has 3 unspecified atom stereocenters. The number of hydrogen-bond donors (Lipinski definition) is 0. The zero-order chi connectivity index (χ0) is 26.9. The van der Waals surface area contributed by atoms with Crippen molar-refractivity contribution in [3.8, 4) is 0 Å². The standard InChI is InChI=1S/C30H33N5O4/c1-34-29(24(18-37-2)32-33-34)22-16-26-27(31-17-22)23-10-9-21(30(36)38-3)15-25(23)35(26)28(19-7-5-4-6-8-19)20-11-13-39-14-12-20/h4-10,15-17,20,24,28-29H,11-14,18H2,1-3H3. The highest BCUT2D eigenvalue weighted by atomic mass is 16.5. The van der Waals surface area contributed by atoms with Gasteiger partial charge in [0.1, 0.15) is 12.1 Å². The zero-order valence-corrected chi connectivity index (χ0v) is 22.5. The number of esters is 1. The third-order valence-electron chi connectivity index (χ3n) is 8.00.